The van der Waals surface area contributed by atoms with Crippen LogP contribution in [0.1, 0.15) is 20.7 Å². The molecule has 1 aliphatic heterocycles. The van der Waals surface area contributed by atoms with Gasteiger partial charge in [-0.15, -0.1) is 0 Å². The Morgan fingerprint density at radius 1 is 0.478 bits per heavy atom. The summed E-state index contributed by atoms with van der Waals surface area (Å²) in [5, 5.41) is 4.32. The highest BCUT2D eigenvalue weighted by Gasteiger charge is 2.49. The summed E-state index contributed by atoms with van der Waals surface area (Å²) in [6, 6.07) is 48.2. The lowest BCUT2D eigenvalue weighted by Gasteiger charge is -2.27. The van der Waals surface area contributed by atoms with Crippen LogP contribution in [0.2, 0.25) is 0 Å². The van der Waals surface area contributed by atoms with Gasteiger partial charge >= 0.3 is 0 Å². The molecule has 2 N–H and O–H groups in total. The molecule has 0 aliphatic carbocycles. The molecular weight excluding hydrogens is 611 g/mol. The van der Waals surface area contributed by atoms with Gasteiger partial charge in [-0.2, -0.15) is 0 Å². The maximum atomic E-state index is 14.0. The zero-order valence-electron chi connectivity index (χ0n) is 24.5. The van der Waals surface area contributed by atoms with Gasteiger partial charge in [-0.25, -0.2) is 13.3 Å². The fourth-order valence-electron chi connectivity index (χ4n) is 6.08. The maximum absolute atomic E-state index is 14.0. The molecule has 0 unspecified atom stereocenters. The molecule has 0 saturated heterocycles. The average molecular weight is 640 g/mol. The molecule has 1 heterocycles. The maximum Gasteiger partial charge on any atom is 0.266 e. The van der Waals surface area contributed by atoms with E-state index in [9.17, 15) is 18.0 Å². The van der Waals surface area contributed by atoms with E-state index in [1.54, 1.807) is 6.07 Å². The van der Waals surface area contributed by atoms with E-state index in [1.165, 1.54) is 48.5 Å². The van der Waals surface area contributed by atoms with Gasteiger partial charge in [0.25, 0.3) is 11.8 Å². The number of fused-ring (bicyclic) bond motifs is 1. The Morgan fingerprint density at radius 3 is 1.39 bits per heavy atom. The molecule has 7 rings (SSSR count). The van der Waals surface area contributed by atoms with E-state index in [4.69, 9.17) is 5.73 Å². The number of benzene rings is 6. The number of anilines is 2. The van der Waals surface area contributed by atoms with Crippen LogP contribution in [0.15, 0.2) is 168 Å². The second-order valence-electron chi connectivity index (χ2n) is 10.9. The highest BCUT2D eigenvalue weighted by atomic mass is 32.2. The van der Waals surface area contributed by atoms with Gasteiger partial charge in [0.2, 0.25) is 9.84 Å². The van der Waals surface area contributed by atoms with Gasteiger partial charge < -0.3 is 5.73 Å². The van der Waals surface area contributed by atoms with Crippen LogP contribution in [0.5, 0.6) is 0 Å². The van der Waals surface area contributed by atoms with E-state index < -0.39 is 28.9 Å². The number of imide groups is 1. The van der Waals surface area contributed by atoms with Crippen molar-refractivity contribution in [2.24, 2.45) is 0 Å². The van der Waals surface area contributed by atoms with Gasteiger partial charge in [-0.3, -0.25) is 9.59 Å². The first kappa shape index (κ1) is 29.4. The van der Waals surface area contributed by atoms with Gasteiger partial charge in [0.15, 0.2) is 0 Å². The van der Waals surface area contributed by atoms with E-state index in [0.29, 0.717) is 22.5 Å². The average Bonchev–Trinajstić information content (AvgIpc) is 3.35. The van der Waals surface area contributed by atoms with Crippen molar-refractivity contribution in [3.05, 3.63) is 169 Å². The summed E-state index contributed by atoms with van der Waals surface area (Å²) in [6.45, 7) is 0. The molecule has 6 aromatic rings. The summed E-state index contributed by atoms with van der Waals surface area (Å²) >= 11 is 0. The molecule has 6 nitrogen and oxygen atoms in total. The Hall–Kier alpha value is -5.36. The number of nitrogen functional groups attached to an aromatic ring is 1. The first-order valence-corrected chi connectivity index (χ1v) is 17.9. The minimum Gasteiger partial charge on any atom is -0.399 e. The van der Waals surface area contributed by atoms with Crippen molar-refractivity contribution in [1.29, 1.82) is 0 Å². The van der Waals surface area contributed by atoms with Gasteiger partial charge in [-0.05, 0) is 103 Å². The molecule has 46 heavy (non-hydrogen) atoms. The zero-order chi connectivity index (χ0) is 31.9. The summed E-state index contributed by atoms with van der Waals surface area (Å²) in [7, 11) is -6.31. The number of carbonyl (C=O) groups excluding carboxylic acids is 2. The van der Waals surface area contributed by atoms with Crippen LogP contribution in [-0.2, 0) is 9.84 Å². The molecule has 0 bridgehead atoms. The largest absolute Gasteiger partial charge is 0.399 e. The Bertz CT molecular complexity index is 2090. The first-order chi connectivity index (χ1) is 22.3. The van der Waals surface area contributed by atoms with Crippen LogP contribution in [-0.4, -0.2) is 20.2 Å². The predicted molar refractivity (Wildman–Crippen MR) is 185 cm³/mol. The minimum absolute atomic E-state index is 0.0445. The van der Waals surface area contributed by atoms with Crippen molar-refractivity contribution in [1.82, 2.24) is 0 Å². The highest BCUT2D eigenvalue weighted by Crippen LogP contribution is 2.54. The van der Waals surface area contributed by atoms with Crippen LogP contribution >= 0.6 is 7.26 Å². The molecule has 6 aromatic carbocycles. The number of hydrogen-bond donors (Lipinski definition) is 1. The number of sulfone groups is 1. The lowest BCUT2D eigenvalue weighted by molar-refractivity contribution is 0.0926. The van der Waals surface area contributed by atoms with Crippen LogP contribution in [0.4, 0.5) is 11.4 Å². The molecule has 0 spiro atoms. The third-order valence-electron chi connectivity index (χ3n) is 8.28. The number of rotatable bonds is 7. The van der Waals surface area contributed by atoms with E-state index in [0.717, 1.165) is 26.1 Å². The molecule has 224 valence electrons. The molecule has 0 fully saturated rings. The molecule has 0 radical (unpaired) electrons. The molecule has 0 saturated carbocycles. The number of amides is 2. The van der Waals surface area contributed by atoms with Crippen LogP contribution < -0.4 is 31.9 Å². The van der Waals surface area contributed by atoms with Crippen molar-refractivity contribution in [2.45, 2.75) is 9.79 Å². The standard InChI is InChI=1S/C38H28N2O4PS/c39-27-16-21-33(22-17-27)46(43,44)34-23-18-28(19-24-34)40-37(41)35-25-20-32(26-36(35)38(40)42)45(29-10-4-1-5-11-29,30-12-6-2-7-13-30)31-14-8-3-9-15-31/h1-26H,39H2/q+1. The molecule has 0 atom stereocenters. The smallest absolute Gasteiger partial charge is 0.266 e. The predicted octanol–water partition coefficient (Wildman–Crippen LogP) is 5.52. The third kappa shape index (κ3) is 4.72. The molecule has 8 heteroatoms. The minimum atomic E-state index is -3.82. The van der Waals surface area contributed by atoms with Crippen molar-refractivity contribution in [2.75, 3.05) is 10.6 Å². The Kier molecular flexibility index (Phi) is 7.36. The van der Waals surface area contributed by atoms with Gasteiger partial charge in [-0.1, -0.05) is 54.6 Å². The van der Waals surface area contributed by atoms with E-state index in [-0.39, 0.29) is 9.79 Å². The van der Waals surface area contributed by atoms with Crippen molar-refractivity contribution < 1.29 is 18.0 Å². The van der Waals surface area contributed by atoms with Gasteiger partial charge in [0.1, 0.15) is 28.5 Å². The lowest BCUT2D eigenvalue weighted by atomic mass is 10.1. The molecule has 0 aromatic heterocycles. The Morgan fingerprint density at radius 2 is 0.913 bits per heavy atom. The lowest BCUT2D eigenvalue weighted by Crippen LogP contribution is -2.38. The third-order valence-corrected chi connectivity index (χ3v) is 14.3. The van der Waals surface area contributed by atoms with E-state index in [1.807, 2.05) is 66.7 Å². The van der Waals surface area contributed by atoms with Crippen LogP contribution in [0.3, 0.4) is 0 Å². The molecular formula is C38H28N2O4PS+. The number of nitrogens with two attached hydrogens (primary N) is 1. The fraction of sp³-hybridized carbons (Fsp3) is 0. The van der Waals surface area contributed by atoms with Crippen molar-refractivity contribution >= 4 is 61.5 Å². The normalized spacial score (nSPS) is 13.1. The highest BCUT2D eigenvalue weighted by molar-refractivity contribution is 8.01. The summed E-state index contributed by atoms with van der Waals surface area (Å²) in [5.74, 6) is -0.910. The number of hydrogen-bond acceptors (Lipinski definition) is 5. The van der Waals surface area contributed by atoms with Gasteiger partial charge in [0, 0.05) is 5.69 Å². The second kappa shape index (κ2) is 11.5. The monoisotopic (exact) mass is 639 g/mol. The first-order valence-electron chi connectivity index (χ1n) is 14.6. The SMILES string of the molecule is Nc1ccc(S(=O)(=O)c2ccc(N3C(=O)c4ccc([P+](c5ccccc5)(c5ccccc5)c5ccccc5)cc4C3=O)cc2)cc1. The summed E-state index contributed by atoms with van der Waals surface area (Å²) in [4.78, 5) is 29.0. The van der Waals surface area contributed by atoms with Gasteiger partial charge in [0.05, 0.1) is 26.6 Å². The van der Waals surface area contributed by atoms with Crippen LogP contribution in [0, 0.1) is 0 Å². The van der Waals surface area contributed by atoms with E-state index in [2.05, 4.69) is 36.4 Å². The summed E-state index contributed by atoms with van der Waals surface area (Å²) < 4.78 is 26.4. The van der Waals surface area contributed by atoms with Crippen molar-refractivity contribution in [3.8, 4) is 0 Å². The number of nitrogens with zero attached hydrogens (tertiary/aromatic N) is 1. The molecule has 2 amide bonds. The summed E-state index contributed by atoms with van der Waals surface area (Å²) in [5.41, 5.74) is 7.09. The van der Waals surface area contributed by atoms with Crippen molar-refractivity contribution in [3.63, 3.8) is 0 Å². The number of carbonyl (C=O) groups is 2. The van der Waals surface area contributed by atoms with Crippen LogP contribution in [0.25, 0.3) is 0 Å². The second-order valence-corrected chi connectivity index (χ2v) is 16.3. The zero-order valence-corrected chi connectivity index (χ0v) is 26.2. The molecule has 1 aliphatic rings. The fourth-order valence-corrected chi connectivity index (χ4v) is 11.6. The quantitative estimate of drug-likeness (QED) is 0.141. The Balaban J connectivity index is 1.32. The topological polar surface area (TPSA) is 97.5 Å². The summed E-state index contributed by atoms with van der Waals surface area (Å²) in [6.07, 6.45) is 0. The Labute approximate surface area is 268 Å². The van der Waals surface area contributed by atoms with E-state index >= 15 is 0 Å².